The maximum atomic E-state index is 10.2. The number of rotatable bonds is 4. The van der Waals surface area contributed by atoms with Crippen LogP contribution in [0, 0.1) is 6.92 Å². The molecule has 1 aliphatic heterocycles. The van der Waals surface area contributed by atoms with Crippen molar-refractivity contribution in [2.45, 2.75) is 32.5 Å². The lowest BCUT2D eigenvalue weighted by atomic mass is 10.0. The molecule has 0 radical (unpaired) electrons. The van der Waals surface area contributed by atoms with E-state index in [1.54, 1.807) is 0 Å². The Labute approximate surface area is 109 Å². The van der Waals surface area contributed by atoms with E-state index in [1.807, 2.05) is 12.1 Å². The number of morpholine rings is 1. The lowest BCUT2D eigenvalue weighted by molar-refractivity contribution is -0.0221. The molecule has 0 aromatic heterocycles. The number of hydrogen-bond acceptors (Lipinski definition) is 3. The number of ether oxygens (including phenoxy) is 1. The van der Waals surface area contributed by atoms with Crippen molar-refractivity contribution >= 4 is 0 Å². The van der Waals surface area contributed by atoms with Gasteiger partial charge in [0.05, 0.1) is 18.8 Å². The SMILES string of the molecule is Cc1cccc(C(O)CCN2CCOC(C)C2)c1. The van der Waals surface area contributed by atoms with Gasteiger partial charge < -0.3 is 9.84 Å². The fourth-order valence-corrected chi connectivity index (χ4v) is 2.44. The van der Waals surface area contributed by atoms with Crippen molar-refractivity contribution in [3.8, 4) is 0 Å². The Morgan fingerprint density at radius 2 is 2.33 bits per heavy atom. The van der Waals surface area contributed by atoms with Crippen LogP contribution in [0.25, 0.3) is 0 Å². The molecule has 0 amide bonds. The zero-order valence-electron chi connectivity index (χ0n) is 11.3. The minimum atomic E-state index is -0.358. The molecule has 1 aliphatic rings. The lowest BCUT2D eigenvalue weighted by Crippen LogP contribution is -2.41. The summed E-state index contributed by atoms with van der Waals surface area (Å²) in [5, 5.41) is 10.2. The summed E-state index contributed by atoms with van der Waals surface area (Å²) in [6.07, 6.45) is 0.744. The van der Waals surface area contributed by atoms with Gasteiger partial charge in [-0.05, 0) is 25.8 Å². The van der Waals surface area contributed by atoms with E-state index >= 15 is 0 Å². The van der Waals surface area contributed by atoms with Crippen molar-refractivity contribution in [1.82, 2.24) is 4.90 Å². The van der Waals surface area contributed by atoms with Crippen LogP contribution >= 0.6 is 0 Å². The fourth-order valence-electron chi connectivity index (χ4n) is 2.44. The zero-order valence-corrected chi connectivity index (χ0v) is 11.3. The Morgan fingerprint density at radius 1 is 1.50 bits per heavy atom. The molecule has 1 heterocycles. The summed E-state index contributed by atoms with van der Waals surface area (Å²) in [6, 6.07) is 8.12. The summed E-state index contributed by atoms with van der Waals surface area (Å²) < 4.78 is 5.51. The van der Waals surface area contributed by atoms with Gasteiger partial charge in [0, 0.05) is 19.6 Å². The average Bonchev–Trinajstić information content (AvgIpc) is 2.36. The number of aryl methyl sites for hydroxylation is 1. The Bertz CT molecular complexity index is 381. The van der Waals surface area contributed by atoms with Gasteiger partial charge in [-0.25, -0.2) is 0 Å². The van der Waals surface area contributed by atoms with Crippen LogP contribution in [-0.2, 0) is 4.74 Å². The minimum absolute atomic E-state index is 0.315. The molecule has 3 nitrogen and oxygen atoms in total. The summed E-state index contributed by atoms with van der Waals surface area (Å²) in [6.45, 7) is 7.85. The van der Waals surface area contributed by atoms with E-state index in [0.29, 0.717) is 6.10 Å². The summed E-state index contributed by atoms with van der Waals surface area (Å²) in [7, 11) is 0. The van der Waals surface area contributed by atoms with Crippen molar-refractivity contribution < 1.29 is 9.84 Å². The van der Waals surface area contributed by atoms with E-state index in [4.69, 9.17) is 4.74 Å². The maximum Gasteiger partial charge on any atom is 0.0802 e. The molecule has 2 unspecified atom stereocenters. The quantitative estimate of drug-likeness (QED) is 0.887. The molecule has 0 bridgehead atoms. The molecule has 1 fully saturated rings. The largest absolute Gasteiger partial charge is 0.388 e. The second-order valence-corrected chi connectivity index (χ2v) is 5.20. The molecule has 3 heteroatoms. The van der Waals surface area contributed by atoms with Gasteiger partial charge >= 0.3 is 0 Å². The number of nitrogens with zero attached hydrogens (tertiary/aromatic N) is 1. The number of aliphatic hydroxyl groups is 1. The van der Waals surface area contributed by atoms with Crippen molar-refractivity contribution in [3.05, 3.63) is 35.4 Å². The van der Waals surface area contributed by atoms with Crippen LogP contribution in [0.1, 0.15) is 30.6 Å². The second-order valence-electron chi connectivity index (χ2n) is 5.20. The molecule has 100 valence electrons. The molecular formula is C15H23NO2. The molecule has 1 N–H and O–H groups in total. The van der Waals surface area contributed by atoms with E-state index < -0.39 is 0 Å². The molecule has 0 aliphatic carbocycles. The number of aliphatic hydroxyl groups excluding tert-OH is 1. The summed E-state index contributed by atoms with van der Waals surface area (Å²) in [5.74, 6) is 0. The Kier molecular flexibility index (Phi) is 4.75. The second kappa shape index (κ2) is 6.32. The van der Waals surface area contributed by atoms with E-state index in [-0.39, 0.29) is 6.10 Å². The highest BCUT2D eigenvalue weighted by molar-refractivity contribution is 5.23. The van der Waals surface area contributed by atoms with E-state index in [0.717, 1.165) is 38.2 Å². The van der Waals surface area contributed by atoms with Gasteiger partial charge in [0.15, 0.2) is 0 Å². The monoisotopic (exact) mass is 249 g/mol. The Morgan fingerprint density at radius 3 is 3.06 bits per heavy atom. The van der Waals surface area contributed by atoms with Crippen LogP contribution < -0.4 is 0 Å². The van der Waals surface area contributed by atoms with Gasteiger partial charge in [-0.2, -0.15) is 0 Å². The Balaban J connectivity index is 1.82. The molecule has 2 atom stereocenters. The molecule has 18 heavy (non-hydrogen) atoms. The molecule has 2 rings (SSSR count). The van der Waals surface area contributed by atoms with Gasteiger partial charge in [0.25, 0.3) is 0 Å². The van der Waals surface area contributed by atoms with Crippen LogP contribution in [0.15, 0.2) is 24.3 Å². The van der Waals surface area contributed by atoms with E-state index in [1.165, 1.54) is 5.56 Å². The first-order valence-electron chi connectivity index (χ1n) is 6.74. The van der Waals surface area contributed by atoms with Gasteiger partial charge in [0.2, 0.25) is 0 Å². The standard InChI is InChI=1S/C15H23NO2/c1-12-4-3-5-14(10-12)15(17)6-7-16-8-9-18-13(2)11-16/h3-5,10,13,15,17H,6-9,11H2,1-2H3. The normalized spacial score (nSPS) is 22.9. The topological polar surface area (TPSA) is 32.7 Å². The van der Waals surface area contributed by atoms with E-state index in [9.17, 15) is 5.11 Å². The molecule has 1 saturated heterocycles. The minimum Gasteiger partial charge on any atom is -0.388 e. The molecule has 0 saturated carbocycles. The summed E-state index contributed by atoms with van der Waals surface area (Å²) in [5.41, 5.74) is 2.22. The third kappa shape index (κ3) is 3.80. The van der Waals surface area contributed by atoms with Crippen LogP contribution in [0.4, 0.5) is 0 Å². The van der Waals surface area contributed by atoms with Crippen LogP contribution in [0.3, 0.4) is 0 Å². The predicted molar refractivity (Wildman–Crippen MR) is 72.6 cm³/mol. The smallest absolute Gasteiger partial charge is 0.0802 e. The zero-order chi connectivity index (χ0) is 13.0. The summed E-state index contributed by atoms with van der Waals surface area (Å²) >= 11 is 0. The van der Waals surface area contributed by atoms with Gasteiger partial charge in [-0.1, -0.05) is 29.8 Å². The first-order chi connectivity index (χ1) is 8.65. The fraction of sp³-hybridized carbons (Fsp3) is 0.600. The van der Waals surface area contributed by atoms with Crippen molar-refractivity contribution in [2.75, 3.05) is 26.2 Å². The first-order valence-corrected chi connectivity index (χ1v) is 6.74. The highest BCUT2D eigenvalue weighted by Crippen LogP contribution is 2.18. The van der Waals surface area contributed by atoms with Gasteiger partial charge in [-0.3, -0.25) is 4.90 Å². The number of hydrogen-bond donors (Lipinski definition) is 1. The Hall–Kier alpha value is -0.900. The third-order valence-corrected chi connectivity index (χ3v) is 3.47. The van der Waals surface area contributed by atoms with Gasteiger partial charge in [0.1, 0.15) is 0 Å². The van der Waals surface area contributed by atoms with Crippen LogP contribution in [0.5, 0.6) is 0 Å². The molecular weight excluding hydrogens is 226 g/mol. The van der Waals surface area contributed by atoms with Crippen LogP contribution in [-0.4, -0.2) is 42.4 Å². The summed E-state index contributed by atoms with van der Waals surface area (Å²) in [4.78, 5) is 2.37. The highest BCUT2D eigenvalue weighted by Gasteiger charge is 2.17. The third-order valence-electron chi connectivity index (χ3n) is 3.47. The van der Waals surface area contributed by atoms with E-state index in [2.05, 4.69) is 30.9 Å². The van der Waals surface area contributed by atoms with Gasteiger partial charge in [-0.15, -0.1) is 0 Å². The lowest BCUT2D eigenvalue weighted by Gasteiger charge is -2.31. The maximum absolute atomic E-state index is 10.2. The molecule has 0 spiro atoms. The highest BCUT2D eigenvalue weighted by atomic mass is 16.5. The van der Waals surface area contributed by atoms with Crippen molar-refractivity contribution in [2.24, 2.45) is 0 Å². The molecule has 1 aromatic rings. The van der Waals surface area contributed by atoms with Crippen LogP contribution in [0.2, 0.25) is 0 Å². The van der Waals surface area contributed by atoms with Crippen molar-refractivity contribution in [1.29, 1.82) is 0 Å². The molecule has 1 aromatic carbocycles. The first kappa shape index (κ1) is 13.5. The number of benzene rings is 1. The average molecular weight is 249 g/mol. The predicted octanol–water partition coefficient (Wildman–Crippen LogP) is 2.14. The van der Waals surface area contributed by atoms with Crippen molar-refractivity contribution in [3.63, 3.8) is 0 Å².